The van der Waals surface area contributed by atoms with E-state index < -0.39 is 17.6 Å². The van der Waals surface area contributed by atoms with Gasteiger partial charge in [0.2, 0.25) is 0 Å². The fraction of sp³-hybridized carbons (Fsp3) is 0.0323. The Morgan fingerprint density at radius 1 is 0.842 bits per heavy atom. The van der Waals surface area contributed by atoms with E-state index in [9.17, 15) is 18.7 Å². The molecular formula is C31H22F2N2O3. The second-order valence-corrected chi connectivity index (χ2v) is 8.74. The van der Waals surface area contributed by atoms with Crippen LogP contribution in [-0.4, -0.2) is 25.7 Å². The molecule has 0 bridgehead atoms. The summed E-state index contributed by atoms with van der Waals surface area (Å²) in [5.41, 5.74) is 4.46. The Morgan fingerprint density at radius 2 is 1.50 bits per heavy atom. The number of carboxylic acid groups (broad SMARTS) is 1. The van der Waals surface area contributed by atoms with Gasteiger partial charge in [-0.05, 0) is 64.7 Å². The van der Waals surface area contributed by atoms with Crippen molar-refractivity contribution in [1.29, 1.82) is 0 Å². The molecule has 5 rings (SSSR count). The number of hydrogen-bond acceptors (Lipinski definition) is 3. The van der Waals surface area contributed by atoms with E-state index in [-0.39, 0.29) is 16.9 Å². The molecule has 0 saturated heterocycles. The molecule has 0 aliphatic carbocycles. The van der Waals surface area contributed by atoms with Crippen molar-refractivity contribution >= 4 is 18.1 Å². The Labute approximate surface area is 217 Å². The minimum Gasteiger partial charge on any atom is -0.508 e. The van der Waals surface area contributed by atoms with Crippen LogP contribution >= 0.6 is 0 Å². The molecule has 0 amide bonds. The third-order valence-electron chi connectivity index (χ3n) is 6.10. The molecule has 2 N–H and O–H groups in total. The predicted octanol–water partition coefficient (Wildman–Crippen LogP) is 7.12. The van der Waals surface area contributed by atoms with E-state index in [1.807, 2.05) is 53.1 Å². The van der Waals surface area contributed by atoms with E-state index in [1.165, 1.54) is 24.3 Å². The molecule has 1 heterocycles. The standard InChI is InChI=1S/C31H22F2N2O3/c32-25-12-15-27(28(33)17-25)29-19-35(18-21-3-8-24(9-4-21)31(37)38)30(34-29)16-5-20-1-6-22(7-2-20)23-10-13-26(36)14-11-23/h1-17,19,36H,18H2,(H,37,38)/b16-5+. The summed E-state index contributed by atoms with van der Waals surface area (Å²) in [5.74, 6) is -1.62. The lowest BCUT2D eigenvalue weighted by Crippen LogP contribution is -2.02. The van der Waals surface area contributed by atoms with E-state index >= 15 is 0 Å². The number of imidazole rings is 1. The van der Waals surface area contributed by atoms with Gasteiger partial charge in [0.25, 0.3) is 0 Å². The number of nitrogens with zero attached hydrogens (tertiary/aromatic N) is 2. The Hall–Kier alpha value is -5.04. The Bertz CT molecular complexity index is 1620. The van der Waals surface area contributed by atoms with Crippen molar-refractivity contribution in [3.8, 4) is 28.1 Å². The zero-order valence-corrected chi connectivity index (χ0v) is 20.1. The first-order valence-corrected chi connectivity index (χ1v) is 11.8. The van der Waals surface area contributed by atoms with Crippen molar-refractivity contribution in [1.82, 2.24) is 9.55 Å². The lowest BCUT2D eigenvalue weighted by Gasteiger charge is -2.06. The number of carboxylic acids is 1. The molecule has 4 aromatic carbocycles. The van der Waals surface area contributed by atoms with Crippen LogP contribution in [0.2, 0.25) is 0 Å². The van der Waals surface area contributed by atoms with Crippen LogP contribution in [0.4, 0.5) is 8.78 Å². The summed E-state index contributed by atoms with van der Waals surface area (Å²) in [4.78, 5) is 15.8. The van der Waals surface area contributed by atoms with Crippen LogP contribution in [-0.2, 0) is 6.54 Å². The van der Waals surface area contributed by atoms with Gasteiger partial charge in [-0.15, -0.1) is 0 Å². The molecule has 0 atom stereocenters. The Morgan fingerprint density at radius 3 is 2.13 bits per heavy atom. The summed E-state index contributed by atoms with van der Waals surface area (Å²) in [5, 5.41) is 18.7. The van der Waals surface area contributed by atoms with E-state index in [1.54, 1.807) is 30.5 Å². The Kier molecular flexibility index (Phi) is 6.82. The lowest BCUT2D eigenvalue weighted by molar-refractivity contribution is 0.0697. The Balaban J connectivity index is 1.45. The molecule has 0 saturated carbocycles. The molecule has 0 radical (unpaired) electrons. The summed E-state index contributed by atoms with van der Waals surface area (Å²) in [6.07, 6.45) is 5.39. The van der Waals surface area contributed by atoms with Crippen molar-refractivity contribution < 1.29 is 23.8 Å². The molecule has 1 aromatic heterocycles. The van der Waals surface area contributed by atoms with E-state index in [0.29, 0.717) is 18.1 Å². The maximum Gasteiger partial charge on any atom is 0.335 e. The van der Waals surface area contributed by atoms with Gasteiger partial charge in [0.1, 0.15) is 23.2 Å². The second-order valence-electron chi connectivity index (χ2n) is 8.74. The van der Waals surface area contributed by atoms with Gasteiger partial charge in [0.05, 0.1) is 11.3 Å². The average molecular weight is 509 g/mol. The monoisotopic (exact) mass is 508 g/mol. The lowest BCUT2D eigenvalue weighted by atomic mass is 10.0. The highest BCUT2D eigenvalue weighted by atomic mass is 19.1. The zero-order chi connectivity index (χ0) is 26.6. The first-order chi connectivity index (χ1) is 18.4. The molecule has 0 aliphatic rings. The van der Waals surface area contributed by atoms with Crippen molar-refractivity contribution in [2.45, 2.75) is 6.54 Å². The number of halogens is 2. The van der Waals surface area contributed by atoms with Crippen molar-refractivity contribution in [3.63, 3.8) is 0 Å². The first-order valence-electron chi connectivity index (χ1n) is 11.8. The normalized spacial score (nSPS) is 11.2. The van der Waals surface area contributed by atoms with Gasteiger partial charge >= 0.3 is 5.97 Å². The highest BCUT2D eigenvalue weighted by Gasteiger charge is 2.13. The van der Waals surface area contributed by atoms with Gasteiger partial charge in [-0.3, -0.25) is 0 Å². The maximum absolute atomic E-state index is 14.5. The van der Waals surface area contributed by atoms with Gasteiger partial charge in [0, 0.05) is 24.4 Å². The number of aromatic carboxylic acids is 1. The minimum atomic E-state index is -1.01. The summed E-state index contributed by atoms with van der Waals surface area (Å²) in [6, 6.07) is 24.7. The first kappa shape index (κ1) is 24.6. The molecular weight excluding hydrogens is 486 g/mol. The highest BCUT2D eigenvalue weighted by Crippen LogP contribution is 2.26. The van der Waals surface area contributed by atoms with Gasteiger partial charge in [0.15, 0.2) is 0 Å². The van der Waals surface area contributed by atoms with E-state index in [0.717, 1.165) is 28.3 Å². The second kappa shape index (κ2) is 10.5. The zero-order valence-electron chi connectivity index (χ0n) is 20.1. The number of aromatic hydroxyl groups is 1. The fourth-order valence-corrected chi connectivity index (χ4v) is 4.08. The number of rotatable bonds is 7. The van der Waals surface area contributed by atoms with Crippen LogP contribution in [0.5, 0.6) is 5.75 Å². The van der Waals surface area contributed by atoms with Crippen molar-refractivity contribution in [2.24, 2.45) is 0 Å². The van der Waals surface area contributed by atoms with Crippen LogP contribution in [0.25, 0.3) is 34.5 Å². The van der Waals surface area contributed by atoms with Crippen LogP contribution in [0.3, 0.4) is 0 Å². The van der Waals surface area contributed by atoms with Gasteiger partial charge in [-0.1, -0.05) is 54.6 Å². The van der Waals surface area contributed by atoms with Crippen LogP contribution < -0.4 is 0 Å². The average Bonchev–Trinajstić information content (AvgIpc) is 3.30. The molecule has 5 nitrogen and oxygen atoms in total. The fourth-order valence-electron chi connectivity index (χ4n) is 4.08. The van der Waals surface area contributed by atoms with Crippen LogP contribution in [0, 0.1) is 11.6 Å². The smallest absolute Gasteiger partial charge is 0.335 e. The number of phenols is 1. The third-order valence-corrected chi connectivity index (χ3v) is 6.10. The molecule has 7 heteroatoms. The summed E-state index contributed by atoms with van der Waals surface area (Å²) in [7, 11) is 0. The van der Waals surface area contributed by atoms with Crippen LogP contribution in [0.1, 0.15) is 27.3 Å². The third kappa shape index (κ3) is 5.52. The number of phenolic OH excluding ortho intramolecular Hbond substituents is 1. The highest BCUT2D eigenvalue weighted by molar-refractivity contribution is 5.87. The van der Waals surface area contributed by atoms with Crippen LogP contribution in [0.15, 0.2) is 97.2 Å². The van der Waals surface area contributed by atoms with E-state index in [2.05, 4.69) is 4.98 Å². The van der Waals surface area contributed by atoms with Crippen molar-refractivity contribution in [3.05, 3.63) is 131 Å². The molecule has 0 fully saturated rings. The van der Waals surface area contributed by atoms with Crippen molar-refractivity contribution in [2.75, 3.05) is 0 Å². The summed E-state index contributed by atoms with van der Waals surface area (Å²) < 4.78 is 29.8. The summed E-state index contributed by atoms with van der Waals surface area (Å²) >= 11 is 0. The van der Waals surface area contributed by atoms with Gasteiger partial charge in [-0.2, -0.15) is 0 Å². The van der Waals surface area contributed by atoms with E-state index in [4.69, 9.17) is 5.11 Å². The topological polar surface area (TPSA) is 75.3 Å². The number of carbonyl (C=O) groups is 1. The quantitative estimate of drug-likeness (QED) is 0.246. The molecule has 5 aromatic rings. The predicted molar refractivity (Wildman–Crippen MR) is 143 cm³/mol. The molecule has 38 heavy (non-hydrogen) atoms. The molecule has 0 unspecified atom stereocenters. The largest absolute Gasteiger partial charge is 0.508 e. The minimum absolute atomic E-state index is 0.180. The SMILES string of the molecule is O=C(O)c1ccc(Cn2cc(-c3ccc(F)cc3F)nc2/C=C/c2ccc(-c3ccc(O)cc3)cc2)cc1. The summed E-state index contributed by atoms with van der Waals surface area (Å²) in [6.45, 7) is 0.370. The molecule has 0 spiro atoms. The molecule has 0 aliphatic heterocycles. The number of aromatic nitrogens is 2. The maximum atomic E-state index is 14.5. The van der Waals surface area contributed by atoms with Gasteiger partial charge in [-0.25, -0.2) is 18.6 Å². The number of benzene rings is 4. The number of hydrogen-bond donors (Lipinski definition) is 2. The van der Waals surface area contributed by atoms with Gasteiger partial charge < -0.3 is 14.8 Å². The molecule has 188 valence electrons.